The third-order valence-corrected chi connectivity index (χ3v) is 7.68. The standard InChI is InChI=1S/C38H38N4O6/c1-4-33(48-28-12-9-10-24(2)22-28)37(45)41-26-16-18-27(19-17-26)47-34-23-31(35(43)30-14-7-6-13-29(30)34)36(44)40-21-20-25-11-5-8-15-32(25)42-38(46)39-3/h5-19,22-23,33,43H,4,20-21H2,1-3H3,(H,40,44)(H,41,45)(H2,39,42,46). The Morgan fingerprint density at radius 3 is 2.27 bits per heavy atom. The Kier molecular flexibility index (Phi) is 10.8. The zero-order chi connectivity index (χ0) is 34.0. The number of para-hydroxylation sites is 1. The van der Waals surface area contributed by atoms with Crippen LogP contribution in [0.15, 0.2) is 103 Å². The Morgan fingerprint density at radius 1 is 0.812 bits per heavy atom. The number of urea groups is 1. The molecule has 0 aliphatic rings. The van der Waals surface area contributed by atoms with E-state index in [9.17, 15) is 19.5 Å². The SMILES string of the molecule is CCC(Oc1cccc(C)c1)C(=O)Nc1ccc(Oc2cc(C(=O)NCCc3ccccc3NC(=O)NC)c(O)c3ccccc23)cc1. The van der Waals surface area contributed by atoms with Gasteiger partial charge in [0.05, 0.1) is 5.56 Å². The van der Waals surface area contributed by atoms with E-state index in [2.05, 4.69) is 21.3 Å². The summed E-state index contributed by atoms with van der Waals surface area (Å²) in [5.41, 5.74) is 3.16. The second-order valence-electron chi connectivity index (χ2n) is 11.1. The van der Waals surface area contributed by atoms with Gasteiger partial charge < -0.3 is 35.8 Å². The number of amides is 4. The molecule has 0 bridgehead atoms. The molecule has 1 atom stereocenters. The second kappa shape index (κ2) is 15.5. The van der Waals surface area contributed by atoms with Gasteiger partial charge >= 0.3 is 6.03 Å². The van der Waals surface area contributed by atoms with Gasteiger partial charge in [-0.1, -0.05) is 61.5 Å². The average Bonchev–Trinajstić information content (AvgIpc) is 3.09. The quantitative estimate of drug-likeness (QED) is 0.0975. The highest BCUT2D eigenvalue weighted by molar-refractivity contribution is 6.06. The molecule has 0 fully saturated rings. The number of anilines is 2. The number of benzene rings is 5. The molecular weight excluding hydrogens is 608 g/mol. The van der Waals surface area contributed by atoms with E-state index in [1.54, 1.807) is 48.5 Å². The second-order valence-corrected chi connectivity index (χ2v) is 11.1. The molecular formula is C38H38N4O6. The van der Waals surface area contributed by atoms with E-state index in [1.165, 1.54) is 13.1 Å². The lowest BCUT2D eigenvalue weighted by Crippen LogP contribution is -2.32. The highest BCUT2D eigenvalue weighted by atomic mass is 16.5. The number of phenolic OH excluding ortho intramolecular Hbond substituents is 1. The van der Waals surface area contributed by atoms with Gasteiger partial charge in [0.15, 0.2) is 6.10 Å². The molecule has 5 N–H and O–H groups in total. The van der Waals surface area contributed by atoms with Crippen LogP contribution in [-0.4, -0.2) is 42.6 Å². The molecule has 1 unspecified atom stereocenters. The molecule has 4 amide bonds. The number of carbonyl (C=O) groups is 3. The lowest BCUT2D eigenvalue weighted by Gasteiger charge is -2.18. The molecule has 0 spiro atoms. The lowest BCUT2D eigenvalue weighted by molar-refractivity contribution is -0.122. The summed E-state index contributed by atoms with van der Waals surface area (Å²) in [5, 5.41) is 23.2. The van der Waals surface area contributed by atoms with Crippen LogP contribution in [0.4, 0.5) is 16.2 Å². The van der Waals surface area contributed by atoms with Crippen molar-refractivity contribution in [1.82, 2.24) is 10.6 Å². The minimum Gasteiger partial charge on any atom is -0.506 e. The topological polar surface area (TPSA) is 138 Å². The molecule has 0 saturated heterocycles. The van der Waals surface area contributed by atoms with Crippen molar-refractivity contribution in [1.29, 1.82) is 0 Å². The maximum absolute atomic E-state index is 13.3. The molecule has 5 rings (SSSR count). The summed E-state index contributed by atoms with van der Waals surface area (Å²) in [6.07, 6.45) is 0.279. The van der Waals surface area contributed by atoms with Crippen molar-refractivity contribution in [3.63, 3.8) is 0 Å². The van der Waals surface area contributed by atoms with Crippen LogP contribution in [0.3, 0.4) is 0 Å². The normalized spacial score (nSPS) is 11.3. The number of rotatable bonds is 12. The van der Waals surface area contributed by atoms with Crippen LogP contribution >= 0.6 is 0 Å². The Bertz CT molecular complexity index is 1930. The fraction of sp³-hybridized carbons (Fsp3) is 0.184. The number of aromatic hydroxyl groups is 1. The maximum Gasteiger partial charge on any atom is 0.318 e. The summed E-state index contributed by atoms with van der Waals surface area (Å²) in [5.74, 6) is 0.584. The highest BCUT2D eigenvalue weighted by Gasteiger charge is 2.20. The number of hydrogen-bond acceptors (Lipinski definition) is 6. The van der Waals surface area contributed by atoms with Crippen molar-refractivity contribution in [2.75, 3.05) is 24.2 Å². The van der Waals surface area contributed by atoms with Crippen LogP contribution in [0.2, 0.25) is 0 Å². The molecule has 0 aromatic heterocycles. The van der Waals surface area contributed by atoms with Gasteiger partial charge in [0.2, 0.25) is 0 Å². The molecule has 5 aromatic rings. The van der Waals surface area contributed by atoms with Crippen molar-refractivity contribution < 1.29 is 29.0 Å². The van der Waals surface area contributed by atoms with E-state index in [4.69, 9.17) is 9.47 Å². The zero-order valence-electron chi connectivity index (χ0n) is 27.0. The summed E-state index contributed by atoms with van der Waals surface area (Å²) in [4.78, 5) is 38.1. The number of hydrogen-bond donors (Lipinski definition) is 5. The summed E-state index contributed by atoms with van der Waals surface area (Å²) < 4.78 is 12.1. The van der Waals surface area contributed by atoms with E-state index in [-0.39, 0.29) is 29.8 Å². The van der Waals surface area contributed by atoms with Gasteiger partial charge in [-0.05, 0) is 79.4 Å². The van der Waals surface area contributed by atoms with Crippen LogP contribution in [0.25, 0.3) is 10.8 Å². The van der Waals surface area contributed by atoms with E-state index in [0.717, 1.165) is 11.1 Å². The van der Waals surface area contributed by atoms with Crippen molar-refractivity contribution >= 4 is 40.0 Å². The molecule has 0 aliphatic heterocycles. The van der Waals surface area contributed by atoms with Gasteiger partial charge in [0, 0.05) is 35.7 Å². The number of fused-ring (bicyclic) bond motifs is 1. The third-order valence-electron chi connectivity index (χ3n) is 7.68. The van der Waals surface area contributed by atoms with Crippen molar-refractivity contribution in [2.24, 2.45) is 0 Å². The summed E-state index contributed by atoms with van der Waals surface area (Å²) in [7, 11) is 1.54. The number of phenols is 1. The molecule has 5 aromatic carbocycles. The zero-order valence-corrected chi connectivity index (χ0v) is 27.0. The van der Waals surface area contributed by atoms with Crippen LogP contribution in [0.1, 0.15) is 34.8 Å². The van der Waals surface area contributed by atoms with E-state index in [1.807, 2.05) is 62.4 Å². The predicted octanol–water partition coefficient (Wildman–Crippen LogP) is 7.17. The van der Waals surface area contributed by atoms with Crippen LogP contribution in [-0.2, 0) is 11.2 Å². The van der Waals surface area contributed by atoms with E-state index < -0.39 is 12.0 Å². The summed E-state index contributed by atoms with van der Waals surface area (Å²) >= 11 is 0. The third kappa shape index (κ3) is 8.21. The van der Waals surface area contributed by atoms with Crippen LogP contribution < -0.4 is 30.7 Å². The highest BCUT2D eigenvalue weighted by Crippen LogP contribution is 2.38. The first-order chi connectivity index (χ1) is 23.2. The van der Waals surface area contributed by atoms with Crippen LogP contribution in [0.5, 0.6) is 23.0 Å². The molecule has 10 nitrogen and oxygen atoms in total. The first-order valence-electron chi connectivity index (χ1n) is 15.7. The molecule has 48 heavy (non-hydrogen) atoms. The predicted molar refractivity (Wildman–Crippen MR) is 187 cm³/mol. The van der Waals surface area contributed by atoms with Gasteiger partial charge in [-0.25, -0.2) is 4.79 Å². The Morgan fingerprint density at radius 2 is 1.54 bits per heavy atom. The first-order valence-corrected chi connectivity index (χ1v) is 15.7. The summed E-state index contributed by atoms with van der Waals surface area (Å²) in [6.45, 7) is 4.11. The van der Waals surface area contributed by atoms with Gasteiger partial charge in [-0.15, -0.1) is 0 Å². The van der Waals surface area contributed by atoms with E-state index >= 15 is 0 Å². The number of carbonyl (C=O) groups excluding carboxylic acids is 3. The lowest BCUT2D eigenvalue weighted by atomic mass is 10.0. The minimum absolute atomic E-state index is 0.0589. The maximum atomic E-state index is 13.3. The molecule has 0 saturated carbocycles. The summed E-state index contributed by atoms with van der Waals surface area (Å²) in [6, 6.07) is 30.0. The average molecular weight is 647 g/mol. The van der Waals surface area contributed by atoms with Crippen molar-refractivity contribution in [3.05, 3.63) is 120 Å². The minimum atomic E-state index is -0.662. The van der Waals surface area contributed by atoms with Crippen molar-refractivity contribution in [3.8, 4) is 23.0 Å². The fourth-order valence-electron chi connectivity index (χ4n) is 5.17. The number of aryl methyl sites for hydroxylation is 1. The smallest absolute Gasteiger partial charge is 0.318 e. The van der Waals surface area contributed by atoms with Crippen LogP contribution in [0, 0.1) is 6.92 Å². The van der Waals surface area contributed by atoms with E-state index in [0.29, 0.717) is 52.2 Å². The molecule has 10 heteroatoms. The van der Waals surface area contributed by atoms with Gasteiger partial charge in [0.1, 0.15) is 23.0 Å². The molecule has 0 aliphatic carbocycles. The monoisotopic (exact) mass is 646 g/mol. The number of nitrogens with one attached hydrogen (secondary N) is 4. The van der Waals surface area contributed by atoms with Gasteiger partial charge in [0.25, 0.3) is 11.8 Å². The molecule has 0 radical (unpaired) electrons. The Balaban J connectivity index is 1.27. The Labute approximate surface area is 279 Å². The van der Waals surface area contributed by atoms with Crippen molar-refractivity contribution in [2.45, 2.75) is 32.8 Å². The fourth-order valence-corrected chi connectivity index (χ4v) is 5.17. The first kappa shape index (κ1) is 33.3. The number of ether oxygens (including phenoxy) is 2. The Hall–Kier alpha value is -6.03. The van der Waals surface area contributed by atoms with Gasteiger partial charge in [-0.3, -0.25) is 9.59 Å². The van der Waals surface area contributed by atoms with Gasteiger partial charge in [-0.2, -0.15) is 0 Å². The molecule has 246 valence electrons. The largest absolute Gasteiger partial charge is 0.506 e. The molecule has 0 heterocycles.